The summed E-state index contributed by atoms with van der Waals surface area (Å²) in [5.41, 5.74) is 1.95. The molecule has 0 amide bonds. The third kappa shape index (κ3) is 3.22. The molecule has 1 aliphatic rings. The smallest absolute Gasteiger partial charge is 0.338 e. The lowest BCUT2D eigenvalue weighted by Crippen LogP contribution is -2.08. The molecule has 102 valence electrons. The van der Waals surface area contributed by atoms with Crippen molar-refractivity contribution in [3.8, 4) is 0 Å². The third-order valence-electron chi connectivity index (χ3n) is 3.94. The zero-order valence-corrected chi connectivity index (χ0v) is 11.4. The zero-order valence-electron chi connectivity index (χ0n) is 11.4. The Hall–Kier alpha value is -1.64. The predicted molar refractivity (Wildman–Crippen MR) is 73.6 cm³/mol. The Morgan fingerprint density at radius 2 is 1.89 bits per heavy atom. The summed E-state index contributed by atoms with van der Waals surface area (Å²) in [5.74, 6) is 0.0733. The van der Waals surface area contributed by atoms with Crippen LogP contribution in [0.3, 0.4) is 0 Å². The van der Waals surface area contributed by atoms with Crippen molar-refractivity contribution in [2.75, 3.05) is 7.11 Å². The van der Waals surface area contributed by atoms with Gasteiger partial charge in [-0.15, -0.1) is 0 Å². The van der Waals surface area contributed by atoms with Gasteiger partial charge < -0.3 is 4.74 Å². The first kappa shape index (κ1) is 13.8. The average molecular weight is 260 g/mol. The fraction of sp³-hybridized carbons (Fsp3) is 0.500. The number of hydrogen-bond donors (Lipinski definition) is 0. The minimum Gasteiger partial charge on any atom is -0.465 e. The quantitative estimate of drug-likeness (QED) is 0.472. The normalized spacial score (nSPS) is 16.7. The Morgan fingerprint density at radius 3 is 2.47 bits per heavy atom. The molecule has 1 aliphatic carbocycles. The van der Waals surface area contributed by atoms with Crippen LogP contribution in [0.5, 0.6) is 0 Å². The van der Waals surface area contributed by atoms with Gasteiger partial charge in [-0.1, -0.05) is 37.8 Å². The lowest BCUT2D eigenvalue weighted by molar-refractivity contribution is 0.0598. The van der Waals surface area contributed by atoms with Gasteiger partial charge >= 0.3 is 5.97 Å². The van der Waals surface area contributed by atoms with Crippen molar-refractivity contribution in [1.29, 1.82) is 0 Å². The van der Waals surface area contributed by atoms with Crippen LogP contribution in [0.4, 0.5) is 0 Å². The molecule has 1 saturated carbocycles. The molecule has 0 aliphatic heterocycles. The molecule has 0 saturated heterocycles. The van der Waals surface area contributed by atoms with Gasteiger partial charge in [0.1, 0.15) is 0 Å². The van der Waals surface area contributed by atoms with Crippen molar-refractivity contribution >= 4 is 12.3 Å². The molecular formula is C16H20O3. The van der Waals surface area contributed by atoms with Gasteiger partial charge in [-0.2, -0.15) is 0 Å². The van der Waals surface area contributed by atoms with E-state index < -0.39 is 5.97 Å². The molecule has 19 heavy (non-hydrogen) atoms. The molecule has 0 unspecified atom stereocenters. The van der Waals surface area contributed by atoms with Gasteiger partial charge in [0, 0.05) is 5.56 Å². The largest absolute Gasteiger partial charge is 0.465 e. The maximum Gasteiger partial charge on any atom is 0.338 e. The average Bonchev–Trinajstić information content (AvgIpc) is 2.74. The lowest BCUT2D eigenvalue weighted by Gasteiger charge is -2.16. The second-order valence-electron chi connectivity index (χ2n) is 5.14. The molecule has 3 nitrogen and oxygen atoms in total. The lowest BCUT2D eigenvalue weighted by atomic mass is 9.89. The van der Waals surface area contributed by atoms with E-state index in [1.54, 1.807) is 6.07 Å². The maximum absolute atomic E-state index is 11.7. The molecule has 0 heterocycles. The number of benzene rings is 1. The molecule has 0 bridgehead atoms. The van der Waals surface area contributed by atoms with E-state index in [0.29, 0.717) is 23.3 Å². The van der Waals surface area contributed by atoms with Crippen molar-refractivity contribution in [3.63, 3.8) is 0 Å². The molecule has 1 fully saturated rings. The fourth-order valence-corrected chi connectivity index (χ4v) is 2.83. The monoisotopic (exact) mass is 260 g/mol. The number of carbonyl (C=O) groups is 2. The summed E-state index contributed by atoms with van der Waals surface area (Å²) in [4.78, 5) is 22.7. The van der Waals surface area contributed by atoms with Gasteiger partial charge in [0.25, 0.3) is 0 Å². The first-order valence-corrected chi connectivity index (χ1v) is 6.93. The number of methoxy groups -OCH3 is 1. The second kappa shape index (κ2) is 6.50. The highest BCUT2D eigenvalue weighted by Crippen LogP contribution is 2.32. The van der Waals surface area contributed by atoms with Crippen molar-refractivity contribution in [2.45, 2.75) is 44.4 Å². The van der Waals surface area contributed by atoms with Crippen LogP contribution in [-0.4, -0.2) is 19.4 Å². The van der Waals surface area contributed by atoms with Crippen LogP contribution in [0.15, 0.2) is 18.2 Å². The summed E-state index contributed by atoms with van der Waals surface area (Å²) in [6.07, 6.45) is 8.13. The van der Waals surface area contributed by atoms with Crippen LogP contribution < -0.4 is 0 Å². The molecule has 0 atom stereocenters. The summed E-state index contributed by atoms with van der Waals surface area (Å²) in [7, 11) is 1.34. The van der Waals surface area contributed by atoms with E-state index in [1.807, 2.05) is 12.1 Å². The number of aldehydes is 1. The summed E-state index contributed by atoms with van der Waals surface area (Å²) in [5, 5.41) is 0. The van der Waals surface area contributed by atoms with Crippen molar-refractivity contribution < 1.29 is 14.3 Å². The number of rotatable bonds is 3. The number of ether oxygens (including phenoxy) is 1. The van der Waals surface area contributed by atoms with Crippen molar-refractivity contribution in [3.05, 3.63) is 34.9 Å². The summed E-state index contributed by atoms with van der Waals surface area (Å²) in [6, 6.07) is 5.55. The molecule has 3 heteroatoms. The van der Waals surface area contributed by atoms with Crippen molar-refractivity contribution in [2.24, 2.45) is 0 Å². The highest BCUT2D eigenvalue weighted by atomic mass is 16.5. The number of carbonyl (C=O) groups excluding carboxylic acids is 2. The van der Waals surface area contributed by atoms with E-state index in [0.717, 1.165) is 5.56 Å². The van der Waals surface area contributed by atoms with Gasteiger partial charge in [0.05, 0.1) is 12.7 Å². The Kier molecular flexibility index (Phi) is 4.72. The van der Waals surface area contributed by atoms with E-state index in [2.05, 4.69) is 0 Å². The van der Waals surface area contributed by atoms with Gasteiger partial charge in [0.15, 0.2) is 6.29 Å². The molecule has 1 aromatic carbocycles. The summed E-state index contributed by atoms with van der Waals surface area (Å²) < 4.78 is 4.75. The van der Waals surface area contributed by atoms with Crippen LogP contribution in [0, 0.1) is 0 Å². The first-order chi connectivity index (χ1) is 9.26. The van der Waals surface area contributed by atoms with Crippen molar-refractivity contribution in [1.82, 2.24) is 0 Å². The maximum atomic E-state index is 11.7. The van der Waals surface area contributed by atoms with E-state index >= 15 is 0 Å². The molecule has 0 radical (unpaired) electrons. The topological polar surface area (TPSA) is 43.4 Å². The highest BCUT2D eigenvalue weighted by Gasteiger charge is 2.18. The molecule has 0 spiro atoms. The SMILES string of the molecule is COC(=O)c1cc(C2CCCCCC2)ccc1C=O. The Balaban J connectivity index is 2.30. The zero-order chi connectivity index (χ0) is 13.7. The fourth-order valence-electron chi connectivity index (χ4n) is 2.83. The Morgan fingerprint density at radius 1 is 1.21 bits per heavy atom. The van der Waals surface area contributed by atoms with Gasteiger partial charge in [-0.25, -0.2) is 4.79 Å². The predicted octanol–water partition coefficient (Wildman–Crippen LogP) is 3.72. The molecule has 0 N–H and O–H groups in total. The summed E-state index contributed by atoms with van der Waals surface area (Å²) >= 11 is 0. The highest BCUT2D eigenvalue weighted by molar-refractivity contribution is 5.98. The molecule has 2 rings (SSSR count). The van der Waals surface area contributed by atoms with Gasteiger partial charge in [-0.3, -0.25) is 4.79 Å². The third-order valence-corrected chi connectivity index (χ3v) is 3.94. The van der Waals surface area contributed by atoms with E-state index in [-0.39, 0.29) is 0 Å². The Bertz CT molecular complexity index is 457. The van der Waals surface area contributed by atoms with Gasteiger partial charge in [0.2, 0.25) is 0 Å². The second-order valence-corrected chi connectivity index (χ2v) is 5.14. The van der Waals surface area contributed by atoms with Crippen LogP contribution >= 0.6 is 0 Å². The van der Waals surface area contributed by atoms with Gasteiger partial charge in [-0.05, 0) is 30.4 Å². The Labute approximate surface area is 114 Å². The van der Waals surface area contributed by atoms with E-state index in [1.165, 1.54) is 45.6 Å². The summed E-state index contributed by atoms with van der Waals surface area (Å²) in [6.45, 7) is 0. The van der Waals surface area contributed by atoms with Crippen LogP contribution in [0.25, 0.3) is 0 Å². The van der Waals surface area contributed by atoms with Crippen LogP contribution in [0.1, 0.15) is 70.7 Å². The number of hydrogen-bond acceptors (Lipinski definition) is 3. The van der Waals surface area contributed by atoms with E-state index in [9.17, 15) is 9.59 Å². The van der Waals surface area contributed by atoms with Crippen LogP contribution in [0.2, 0.25) is 0 Å². The van der Waals surface area contributed by atoms with Crippen LogP contribution in [-0.2, 0) is 4.74 Å². The van der Waals surface area contributed by atoms with E-state index in [4.69, 9.17) is 4.74 Å². The number of esters is 1. The molecule has 1 aromatic rings. The minimum atomic E-state index is -0.433. The first-order valence-electron chi connectivity index (χ1n) is 6.93. The standard InChI is InChI=1S/C16H20O3/c1-19-16(18)15-10-13(8-9-14(15)11-17)12-6-4-2-3-5-7-12/h8-12H,2-7H2,1H3. The minimum absolute atomic E-state index is 0.388. The molecular weight excluding hydrogens is 240 g/mol. The molecule has 0 aromatic heterocycles.